The number of aryl methyl sites for hydroxylation is 1. The van der Waals surface area contributed by atoms with Crippen LogP contribution in [-0.4, -0.2) is 19.0 Å². The summed E-state index contributed by atoms with van der Waals surface area (Å²) in [4.78, 5) is 11.8. The molecular formula is C18H20ClFN2O. The zero-order chi connectivity index (χ0) is 16.7. The summed E-state index contributed by atoms with van der Waals surface area (Å²) in [6.07, 6.45) is 0.835. The van der Waals surface area contributed by atoms with Crippen LogP contribution in [0.4, 0.5) is 10.1 Å². The van der Waals surface area contributed by atoms with Crippen molar-refractivity contribution in [3.63, 3.8) is 0 Å². The number of carbonyl (C=O) groups excluding carboxylic acids is 1. The molecule has 2 rings (SSSR count). The van der Waals surface area contributed by atoms with Crippen molar-refractivity contribution in [2.24, 2.45) is 0 Å². The van der Waals surface area contributed by atoms with Crippen molar-refractivity contribution >= 4 is 23.2 Å². The summed E-state index contributed by atoms with van der Waals surface area (Å²) >= 11 is 6.04. The minimum absolute atomic E-state index is 0.0629. The molecule has 23 heavy (non-hydrogen) atoms. The van der Waals surface area contributed by atoms with Gasteiger partial charge in [0.15, 0.2) is 0 Å². The van der Waals surface area contributed by atoms with Gasteiger partial charge in [0, 0.05) is 30.2 Å². The summed E-state index contributed by atoms with van der Waals surface area (Å²) in [5, 5.41) is 6.65. The summed E-state index contributed by atoms with van der Waals surface area (Å²) in [7, 11) is 0. The van der Waals surface area contributed by atoms with Crippen LogP contribution in [0.25, 0.3) is 0 Å². The van der Waals surface area contributed by atoms with E-state index in [9.17, 15) is 9.18 Å². The number of rotatable bonds is 7. The van der Waals surface area contributed by atoms with Crippen LogP contribution in [-0.2, 0) is 11.2 Å². The molecule has 3 nitrogen and oxygen atoms in total. The van der Waals surface area contributed by atoms with Gasteiger partial charge in [-0.05, 0) is 42.7 Å². The van der Waals surface area contributed by atoms with E-state index in [1.807, 2.05) is 25.1 Å². The second-order valence-corrected chi connectivity index (χ2v) is 5.74. The molecule has 0 unspecified atom stereocenters. The van der Waals surface area contributed by atoms with Gasteiger partial charge in [0.25, 0.3) is 0 Å². The second-order valence-electron chi connectivity index (χ2n) is 5.33. The summed E-state index contributed by atoms with van der Waals surface area (Å²) < 4.78 is 13.4. The van der Waals surface area contributed by atoms with Gasteiger partial charge in [-0.3, -0.25) is 4.79 Å². The third-order valence-electron chi connectivity index (χ3n) is 3.53. The van der Waals surface area contributed by atoms with E-state index in [2.05, 4.69) is 10.6 Å². The van der Waals surface area contributed by atoms with Gasteiger partial charge < -0.3 is 10.6 Å². The zero-order valence-electron chi connectivity index (χ0n) is 13.0. The molecule has 2 N–H and O–H groups in total. The van der Waals surface area contributed by atoms with E-state index >= 15 is 0 Å². The number of benzene rings is 2. The molecule has 2 aromatic carbocycles. The number of hydrogen-bond acceptors (Lipinski definition) is 2. The Morgan fingerprint density at radius 1 is 1.17 bits per heavy atom. The quantitative estimate of drug-likeness (QED) is 0.805. The van der Waals surface area contributed by atoms with Crippen LogP contribution in [0.3, 0.4) is 0 Å². The van der Waals surface area contributed by atoms with E-state index in [-0.39, 0.29) is 11.7 Å². The normalized spacial score (nSPS) is 10.4. The molecule has 5 heteroatoms. The number of halogens is 2. The summed E-state index contributed by atoms with van der Waals surface area (Å²) in [5.74, 6) is -0.299. The molecule has 0 saturated carbocycles. The van der Waals surface area contributed by atoms with E-state index in [0.717, 1.165) is 11.3 Å². The molecule has 0 aliphatic carbocycles. The molecule has 0 atom stereocenters. The summed E-state index contributed by atoms with van der Waals surface area (Å²) in [6.45, 7) is 2.89. The third kappa shape index (κ3) is 5.57. The lowest BCUT2D eigenvalue weighted by Gasteiger charge is -2.09. The van der Waals surface area contributed by atoms with Crippen molar-refractivity contribution < 1.29 is 9.18 Å². The molecule has 0 saturated heterocycles. The first kappa shape index (κ1) is 17.3. The van der Waals surface area contributed by atoms with Gasteiger partial charge in [0.05, 0.1) is 0 Å². The van der Waals surface area contributed by atoms with Crippen molar-refractivity contribution in [3.05, 3.63) is 64.4 Å². The first-order valence-electron chi connectivity index (χ1n) is 7.56. The van der Waals surface area contributed by atoms with Crippen LogP contribution >= 0.6 is 11.6 Å². The molecule has 0 spiro atoms. The average Bonchev–Trinajstić information content (AvgIpc) is 2.53. The van der Waals surface area contributed by atoms with Crippen LogP contribution in [0.1, 0.15) is 17.5 Å². The van der Waals surface area contributed by atoms with Gasteiger partial charge in [-0.2, -0.15) is 0 Å². The first-order chi connectivity index (χ1) is 11.1. The molecule has 0 heterocycles. The van der Waals surface area contributed by atoms with Crippen LogP contribution in [0.5, 0.6) is 0 Å². The Morgan fingerprint density at radius 2 is 1.96 bits per heavy atom. The maximum atomic E-state index is 13.4. The van der Waals surface area contributed by atoms with Crippen molar-refractivity contribution in [2.45, 2.75) is 19.8 Å². The number of hydrogen-bond donors (Lipinski definition) is 2. The van der Waals surface area contributed by atoms with Crippen molar-refractivity contribution in [1.82, 2.24) is 5.32 Å². The Morgan fingerprint density at radius 3 is 2.70 bits per heavy atom. The Hall–Kier alpha value is -2.07. The summed E-state index contributed by atoms with van der Waals surface area (Å²) in [5.41, 5.74) is 2.52. The van der Waals surface area contributed by atoms with Crippen LogP contribution < -0.4 is 10.6 Å². The van der Waals surface area contributed by atoms with Gasteiger partial charge in [-0.25, -0.2) is 4.39 Å². The van der Waals surface area contributed by atoms with Gasteiger partial charge in [0.1, 0.15) is 5.82 Å². The fraction of sp³-hybridized carbons (Fsp3) is 0.278. The molecule has 0 aliphatic heterocycles. The number of amides is 1. The monoisotopic (exact) mass is 334 g/mol. The average molecular weight is 335 g/mol. The van der Waals surface area contributed by atoms with Gasteiger partial charge in [-0.1, -0.05) is 35.9 Å². The Labute approximate surface area is 140 Å². The molecule has 0 radical (unpaired) electrons. The third-order valence-corrected chi connectivity index (χ3v) is 3.93. The van der Waals surface area contributed by atoms with Gasteiger partial charge in [-0.15, -0.1) is 0 Å². The standard InChI is InChI=1S/C18H20ClFN2O/c1-13-6-7-15(12-16(13)19)21-11-9-18(23)22-10-8-14-4-2-3-5-17(14)20/h2-7,12,21H,8-11H2,1H3,(H,22,23). The fourth-order valence-electron chi connectivity index (χ4n) is 2.15. The number of anilines is 1. The first-order valence-corrected chi connectivity index (χ1v) is 7.94. The molecular weight excluding hydrogens is 315 g/mol. The Bertz CT molecular complexity index is 676. The highest BCUT2D eigenvalue weighted by molar-refractivity contribution is 6.31. The predicted octanol–water partition coefficient (Wildman–Crippen LogP) is 3.95. The molecule has 2 aromatic rings. The van der Waals surface area contributed by atoms with Gasteiger partial charge >= 0.3 is 0 Å². The zero-order valence-corrected chi connectivity index (χ0v) is 13.8. The highest BCUT2D eigenvalue weighted by Gasteiger charge is 2.04. The van der Waals surface area contributed by atoms with Gasteiger partial charge in [0.2, 0.25) is 5.91 Å². The topological polar surface area (TPSA) is 41.1 Å². The van der Waals surface area contributed by atoms with Crippen LogP contribution in [0.2, 0.25) is 5.02 Å². The molecule has 0 fully saturated rings. The van der Waals surface area contributed by atoms with E-state index in [4.69, 9.17) is 11.6 Å². The highest BCUT2D eigenvalue weighted by atomic mass is 35.5. The van der Waals surface area contributed by atoms with Crippen LogP contribution in [0.15, 0.2) is 42.5 Å². The molecule has 0 bridgehead atoms. The highest BCUT2D eigenvalue weighted by Crippen LogP contribution is 2.19. The second kappa shape index (κ2) is 8.53. The Kier molecular flexibility index (Phi) is 6.41. The molecule has 1 amide bonds. The molecule has 0 aliphatic rings. The van der Waals surface area contributed by atoms with Crippen molar-refractivity contribution in [3.8, 4) is 0 Å². The lowest BCUT2D eigenvalue weighted by atomic mass is 10.1. The molecule has 122 valence electrons. The lowest BCUT2D eigenvalue weighted by molar-refractivity contribution is -0.120. The minimum Gasteiger partial charge on any atom is -0.384 e. The van der Waals surface area contributed by atoms with E-state index < -0.39 is 0 Å². The van der Waals surface area contributed by atoms with Crippen molar-refractivity contribution in [2.75, 3.05) is 18.4 Å². The SMILES string of the molecule is Cc1ccc(NCCC(=O)NCCc2ccccc2F)cc1Cl. The maximum absolute atomic E-state index is 13.4. The maximum Gasteiger partial charge on any atom is 0.221 e. The minimum atomic E-state index is -0.236. The smallest absolute Gasteiger partial charge is 0.221 e. The van der Waals surface area contributed by atoms with E-state index in [1.54, 1.807) is 18.2 Å². The fourth-order valence-corrected chi connectivity index (χ4v) is 2.33. The van der Waals surface area contributed by atoms with E-state index in [0.29, 0.717) is 36.5 Å². The number of nitrogens with one attached hydrogen (secondary N) is 2. The largest absolute Gasteiger partial charge is 0.384 e. The Balaban J connectivity index is 1.67. The van der Waals surface area contributed by atoms with Crippen molar-refractivity contribution in [1.29, 1.82) is 0 Å². The van der Waals surface area contributed by atoms with E-state index in [1.165, 1.54) is 6.07 Å². The summed E-state index contributed by atoms with van der Waals surface area (Å²) in [6, 6.07) is 12.3. The lowest BCUT2D eigenvalue weighted by Crippen LogP contribution is -2.27. The molecule has 0 aromatic heterocycles. The number of carbonyl (C=O) groups is 1. The predicted molar refractivity (Wildman–Crippen MR) is 92.4 cm³/mol. The van der Waals surface area contributed by atoms with Crippen LogP contribution in [0, 0.1) is 12.7 Å².